The van der Waals surface area contributed by atoms with Crippen molar-refractivity contribution in [3.63, 3.8) is 0 Å². The first-order chi connectivity index (χ1) is 8.56. The Hall–Kier alpha value is -1.59. The summed E-state index contributed by atoms with van der Waals surface area (Å²) in [6, 6.07) is 6.26. The van der Waals surface area contributed by atoms with Gasteiger partial charge in [-0.05, 0) is 38.7 Å². The SMILES string of the molecule is CC(NCCN(C)C)c1ccc2[nH]c(=O)[nH]c2c1. The lowest BCUT2D eigenvalue weighted by atomic mass is 10.1. The highest BCUT2D eigenvalue weighted by Crippen LogP contribution is 2.16. The van der Waals surface area contributed by atoms with Crippen molar-refractivity contribution in [2.24, 2.45) is 0 Å². The topological polar surface area (TPSA) is 63.9 Å². The van der Waals surface area contributed by atoms with E-state index in [1.807, 2.05) is 18.2 Å². The van der Waals surface area contributed by atoms with Crippen LogP contribution in [0, 0.1) is 0 Å². The van der Waals surface area contributed by atoms with Crippen molar-refractivity contribution in [3.8, 4) is 0 Å². The van der Waals surface area contributed by atoms with Crippen LogP contribution in [0.5, 0.6) is 0 Å². The largest absolute Gasteiger partial charge is 0.323 e. The molecular formula is C13H20N4O. The molecule has 98 valence electrons. The molecule has 1 atom stereocenters. The molecule has 18 heavy (non-hydrogen) atoms. The van der Waals surface area contributed by atoms with Crippen molar-refractivity contribution in [2.75, 3.05) is 27.2 Å². The van der Waals surface area contributed by atoms with Crippen LogP contribution in [0.1, 0.15) is 18.5 Å². The Morgan fingerprint density at radius 1 is 1.28 bits per heavy atom. The maximum absolute atomic E-state index is 11.2. The number of likely N-dealkylation sites (N-methyl/N-ethyl adjacent to an activating group) is 1. The van der Waals surface area contributed by atoms with Gasteiger partial charge in [-0.15, -0.1) is 0 Å². The Morgan fingerprint density at radius 2 is 2.00 bits per heavy atom. The first-order valence-corrected chi connectivity index (χ1v) is 6.16. The Balaban J connectivity index is 2.07. The van der Waals surface area contributed by atoms with E-state index in [1.54, 1.807) is 0 Å². The zero-order valence-electron chi connectivity index (χ0n) is 11.1. The minimum Gasteiger partial charge on any atom is -0.309 e. The highest BCUT2D eigenvalue weighted by Gasteiger charge is 2.06. The van der Waals surface area contributed by atoms with Gasteiger partial charge in [0.15, 0.2) is 0 Å². The third-order valence-corrected chi connectivity index (χ3v) is 3.05. The number of nitrogens with zero attached hydrogens (tertiary/aromatic N) is 1. The lowest BCUT2D eigenvalue weighted by Gasteiger charge is -2.16. The minimum atomic E-state index is -0.157. The average Bonchev–Trinajstić information content (AvgIpc) is 2.67. The Bertz CT molecular complexity index is 570. The Kier molecular flexibility index (Phi) is 3.84. The van der Waals surface area contributed by atoms with Crippen LogP contribution >= 0.6 is 0 Å². The molecule has 2 rings (SSSR count). The molecule has 0 aliphatic carbocycles. The summed E-state index contributed by atoms with van der Waals surface area (Å²) in [6.45, 7) is 4.07. The molecule has 0 saturated heterocycles. The van der Waals surface area contributed by atoms with Gasteiger partial charge in [-0.2, -0.15) is 0 Å². The summed E-state index contributed by atoms with van der Waals surface area (Å²) in [4.78, 5) is 18.9. The summed E-state index contributed by atoms with van der Waals surface area (Å²) in [5.41, 5.74) is 2.73. The second kappa shape index (κ2) is 5.37. The van der Waals surface area contributed by atoms with Gasteiger partial charge in [-0.3, -0.25) is 0 Å². The highest BCUT2D eigenvalue weighted by atomic mass is 16.1. The molecule has 1 unspecified atom stereocenters. The molecular weight excluding hydrogens is 228 g/mol. The number of imidazole rings is 1. The minimum absolute atomic E-state index is 0.157. The van der Waals surface area contributed by atoms with Crippen LogP contribution in [0.15, 0.2) is 23.0 Å². The summed E-state index contributed by atoms with van der Waals surface area (Å²) < 4.78 is 0. The fraction of sp³-hybridized carbons (Fsp3) is 0.462. The zero-order valence-corrected chi connectivity index (χ0v) is 11.1. The van der Waals surface area contributed by atoms with E-state index in [2.05, 4.69) is 41.2 Å². The van der Waals surface area contributed by atoms with Crippen LogP contribution in [-0.4, -0.2) is 42.1 Å². The number of benzene rings is 1. The van der Waals surface area contributed by atoms with Gasteiger partial charge in [-0.25, -0.2) is 4.79 Å². The molecule has 0 bridgehead atoms. The number of aromatic nitrogens is 2. The fourth-order valence-corrected chi connectivity index (χ4v) is 1.94. The molecule has 5 nitrogen and oxygen atoms in total. The lowest BCUT2D eigenvalue weighted by molar-refractivity contribution is 0.389. The van der Waals surface area contributed by atoms with Gasteiger partial charge in [0.25, 0.3) is 0 Å². The van der Waals surface area contributed by atoms with Crippen LogP contribution in [0.4, 0.5) is 0 Å². The van der Waals surface area contributed by atoms with E-state index in [9.17, 15) is 4.79 Å². The lowest BCUT2D eigenvalue weighted by Crippen LogP contribution is -2.28. The van der Waals surface area contributed by atoms with E-state index >= 15 is 0 Å². The van der Waals surface area contributed by atoms with Crippen molar-refractivity contribution >= 4 is 11.0 Å². The molecule has 1 aromatic carbocycles. The predicted molar refractivity (Wildman–Crippen MR) is 73.9 cm³/mol. The van der Waals surface area contributed by atoms with Gasteiger partial charge in [-0.1, -0.05) is 6.07 Å². The summed E-state index contributed by atoms with van der Waals surface area (Å²) in [6.07, 6.45) is 0. The van der Waals surface area contributed by atoms with E-state index in [0.717, 1.165) is 24.1 Å². The van der Waals surface area contributed by atoms with Gasteiger partial charge in [0.1, 0.15) is 0 Å². The predicted octanol–water partition coefficient (Wildman–Crippen LogP) is 1.07. The summed E-state index contributed by atoms with van der Waals surface area (Å²) in [7, 11) is 4.12. The van der Waals surface area contributed by atoms with E-state index in [0.29, 0.717) is 0 Å². The maximum atomic E-state index is 11.2. The number of aromatic amines is 2. The highest BCUT2D eigenvalue weighted by molar-refractivity contribution is 5.75. The molecule has 0 amide bonds. The van der Waals surface area contributed by atoms with Crippen molar-refractivity contribution in [1.29, 1.82) is 0 Å². The van der Waals surface area contributed by atoms with E-state index in [1.165, 1.54) is 5.56 Å². The van der Waals surface area contributed by atoms with Crippen molar-refractivity contribution in [2.45, 2.75) is 13.0 Å². The van der Waals surface area contributed by atoms with Gasteiger partial charge in [0, 0.05) is 19.1 Å². The van der Waals surface area contributed by atoms with E-state index in [4.69, 9.17) is 0 Å². The van der Waals surface area contributed by atoms with E-state index < -0.39 is 0 Å². The molecule has 0 spiro atoms. The van der Waals surface area contributed by atoms with Crippen LogP contribution in [0.2, 0.25) is 0 Å². The third-order valence-electron chi connectivity index (χ3n) is 3.05. The smallest absolute Gasteiger partial charge is 0.309 e. The number of fused-ring (bicyclic) bond motifs is 1. The standard InChI is InChI=1S/C13H20N4O/c1-9(14-6-7-17(2)3)10-4-5-11-12(8-10)16-13(18)15-11/h4-5,8-9,14H,6-7H2,1-3H3,(H2,15,16,18). The van der Waals surface area contributed by atoms with Crippen LogP contribution in [0.3, 0.4) is 0 Å². The molecule has 0 fully saturated rings. The third kappa shape index (κ3) is 3.00. The number of H-pyrrole nitrogens is 2. The van der Waals surface area contributed by atoms with Crippen LogP contribution < -0.4 is 11.0 Å². The quantitative estimate of drug-likeness (QED) is 0.741. The molecule has 5 heteroatoms. The number of hydrogen-bond acceptors (Lipinski definition) is 3. The number of rotatable bonds is 5. The molecule has 0 aliphatic rings. The Morgan fingerprint density at radius 3 is 2.72 bits per heavy atom. The maximum Gasteiger partial charge on any atom is 0.323 e. The fourth-order valence-electron chi connectivity index (χ4n) is 1.94. The zero-order chi connectivity index (χ0) is 13.1. The number of hydrogen-bond donors (Lipinski definition) is 3. The first kappa shape index (κ1) is 12.9. The van der Waals surface area contributed by atoms with Crippen LogP contribution in [0.25, 0.3) is 11.0 Å². The van der Waals surface area contributed by atoms with Crippen LogP contribution in [-0.2, 0) is 0 Å². The van der Waals surface area contributed by atoms with Crippen molar-refractivity contribution in [3.05, 3.63) is 34.2 Å². The second-order valence-corrected chi connectivity index (χ2v) is 4.86. The second-order valence-electron chi connectivity index (χ2n) is 4.86. The van der Waals surface area contributed by atoms with Crippen molar-refractivity contribution in [1.82, 2.24) is 20.2 Å². The summed E-state index contributed by atoms with van der Waals surface area (Å²) >= 11 is 0. The number of nitrogens with one attached hydrogen (secondary N) is 3. The van der Waals surface area contributed by atoms with Gasteiger partial charge >= 0.3 is 5.69 Å². The average molecular weight is 248 g/mol. The van der Waals surface area contributed by atoms with E-state index in [-0.39, 0.29) is 11.7 Å². The normalized spacial score (nSPS) is 13.3. The molecule has 0 saturated carbocycles. The molecule has 0 aliphatic heterocycles. The summed E-state index contributed by atoms with van der Waals surface area (Å²) in [5, 5.41) is 3.46. The van der Waals surface area contributed by atoms with Gasteiger partial charge < -0.3 is 20.2 Å². The Labute approximate surface area is 106 Å². The first-order valence-electron chi connectivity index (χ1n) is 6.16. The molecule has 1 heterocycles. The molecule has 1 aromatic heterocycles. The van der Waals surface area contributed by atoms with Crippen molar-refractivity contribution < 1.29 is 0 Å². The monoisotopic (exact) mass is 248 g/mol. The molecule has 0 radical (unpaired) electrons. The molecule has 3 N–H and O–H groups in total. The molecule has 2 aromatic rings. The summed E-state index contributed by atoms with van der Waals surface area (Å²) in [5.74, 6) is 0. The van der Waals surface area contributed by atoms with Gasteiger partial charge in [0.2, 0.25) is 0 Å². The van der Waals surface area contributed by atoms with Gasteiger partial charge in [0.05, 0.1) is 11.0 Å².